The topological polar surface area (TPSA) is 59.5 Å². The number of piperidine rings is 1. The highest BCUT2D eigenvalue weighted by Gasteiger charge is 2.27. The van der Waals surface area contributed by atoms with Gasteiger partial charge in [-0.2, -0.15) is 0 Å². The Morgan fingerprint density at radius 3 is 2.76 bits per heavy atom. The number of nitrogens with zero attached hydrogens (tertiary/aromatic N) is 2. The van der Waals surface area contributed by atoms with E-state index in [2.05, 4.69) is 4.98 Å². The molecule has 2 aromatic rings. The quantitative estimate of drug-likeness (QED) is 0.777. The molecule has 5 heteroatoms. The van der Waals surface area contributed by atoms with Crippen LogP contribution in [-0.4, -0.2) is 29.0 Å². The molecule has 25 heavy (non-hydrogen) atoms. The summed E-state index contributed by atoms with van der Waals surface area (Å²) >= 11 is 0. The number of amides is 1. The zero-order valence-electron chi connectivity index (χ0n) is 15.2. The molecule has 132 valence electrons. The summed E-state index contributed by atoms with van der Waals surface area (Å²) in [6, 6.07) is 7.29. The van der Waals surface area contributed by atoms with Crippen LogP contribution in [0.15, 0.2) is 30.5 Å². The molecule has 3 rings (SSSR count). The molecule has 2 heterocycles. The fraction of sp³-hybridized carbons (Fsp3) is 0.450. The molecule has 0 aliphatic carbocycles. The van der Waals surface area contributed by atoms with Crippen LogP contribution in [0, 0.1) is 5.92 Å². The molecule has 1 fully saturated rings. The number of fused-ring (bicyclic) bond motifs is 1. The zero-order chi connectivity index (χ0) is 18.2. The number of carbonyl (C=O) groups is 2. The summed E-state index contributed by atoms with van der Waals surface area (Å²) in [5, 5.41) is 0.709. The van der Waals surface area contributed by atoms with Crippen LogP contribution in [-0.2, 0) is 9.53 Å². The minimum atomic E-state index is -0.567. The van der Waals surface area contributed by atoms with Crippen LogP contribution in [0.2, 0.25) is 0 Å². The molecule has 1 saturated heterocycles. The van der Waals surface area contributed by atoms with Gasteiger partial charge in [-0.15, -0.1) is 0 Å². The van der Waals surface area contributed by atoms with Crippen molar-refractivity contribution >= 4 is 28.5 Å². The first kappa shape index (κ1) is 17.4. The van der Waals surface area contributed by atoms with Crippen molar-refractivity contribution < 1.29 is 14.3 Å². The maximum absolute atomic E-state index is 12.5. The summed E-state index contributed by atoms with van der Waals surface area (Å²) in [5.41, 5.74) is 1.42. The highest BCUT2D eigenvalue weighted by atomic mass is 16.6. The number of rotatable bonds is 2. The maximum atomic E-state index is 12.5. The first-order valence-electron chi connectivity index (χ1n) is 8.70. The summed E-state index contributed by atoms with van der Waals surface area (Å²) < 4.78 is 5.51. The van der Waals surface area contributed by atoms with E-state index in [4.69, 9.17) is 4.74 Å². The van der Waals surface area contributed by atoms with E-state index in [0.29, 0.717) is 23.0 Å². The summed E-state index contributed by atoms with van der Waals surface area (Å²) in [6.45, 7) is 8.19. The van der Waals surface area contributed by atoms with Crippen molar-refractivity contribution in [3.63, 3.8) is 0 Å². The third-order valence-corrected chi connectivity index (χ3v) is 4.36. The van der Waals surface area contributed by atoms with Gasteiger partial charge in [0.1, 0.15) is 5.60 Å². The Morgan fingerprint density at radius 1 is 1.28 bits per heavy atom. The fourth-order valence-electron chi connectivity index (χ4n) is 3.12. The second-order valence-electron chi connectivity index (χ2n) is 7.60. The molecule has 0 unspecified atom stereocenters. The van der Waals surface area contributed by atoms with Gasteiger partial charge >= 0.3 is 5.97 Å². The van der Waals surface area contributed by atoms with Crippen molar-refractivity contribution in [1.29, 1.82) is 0 Å². The number of aromatic nitrogens is 1. The zero-order valence-corrected chi connectivity index (χ0v) is 15.2. The van der Waals surface area contributed by atoms with Crippen molar-refractivity contribution in [2.24, 2.45) is 5.92 Å². The van der Waals surface area contributed by atoms with Crippen LogP contribution in [0.5, 0.6) is 0 Å². The van der Waals surface area contributed by atoms with Gasteiger partial charge in [-0.05, 0) is 57.9 Å². The Hall–Kier alpha value is -2.43. The van der Waals surface area contributed by atoms with Gasteiger partial charge in [0.25, 0.3) is 0 Å². The number of anilines is 1. The van der Waals surface area contributed by atoms with E-state index in [1.807, 2.05) is 45.9 Å². The lowest BCUT2D eigenvalue weighted by molar-refractivity contribution is -0.123. The number of ether oxygens (including phenoxy) is 1. The lowest BCUT2D eigenvalue weighted by atomic mass is 9.98. The number of hydrogen-bond acceptors (Lipinski definition) is 4. The molecule has 0 radical (unpaired) electrons. The Bertz CT molecular complexity index is 823. The van der Waals surface area contributed by atoms with Gasteiger partial charge in [0.2, 0.25) is 5.91 Å². The predicted octanol–water partition coefficient (Wildman–Crippen LogP) is 3.95. The second-order valence-corrected chi connectivity index (χ2v) is 7.60. The molecule has 0 saturated carbocycles. The van der Waals surface area contributed by atoms with Gasteiger partial charge in [-0.1, -0.05) is 6.92 Å². The monoisotopic (exact) mass is 340 g/mol. The van der Waals surface area contributed by atoms with Gasteiger partial charge in [-0.25, -0.2) is 4.79 Å². The maximum Gasteiger partial charge on any atom is 0.339 e. The first-order chi connectivity index (χ1) is 11.8. The standard InChI is InChI=1S/C20H24N2O3/c1-13-6-5-11-22(18(13)23)14-7-8-17-16(12-14)15(9-10-21-17)19(24)25-20(2,3)4/h7-10,12-13H,5-6,11H2,1-4H3/t13-/m1/s1. The molecule has 1 aromatic carbocycles. The number of pyridine rings is 1. The van der Waals surface area contributed by atoms with E-state index in [0.717, 1.165) is 18.5 Å². The van der Waals surface area contributed by atoms with Crippen LogP contribution in [0.3, 0.4) is 0 Å². The van der Waals surface area contributed by atoms with Crippen LogP contribution in [0.1, 0.15) is 50.9 Å². The Balaban J connectivity index is 2.03. The Labute approximate surface area is 148 Å². The number of hydrogen-bond donors (Lipinski definition) is 0. The predicted molar refractivity (Wildman–Crippen MR) is 97.7 cm³/mol. The largest absolute Gasteiger partial charge is 0.456 e. The van der Waals surface area contributed by atoms with E-state index >= 15 is 0 Å². The molecule has 0 bridgehead atoms. The number of carbonyl (C=O) groups excluding carboxylic acids is 2. The van der Waals surface area contributed by atoms with E-state index in [9.17, 15) is 9.59 Å². The van der Waals surface area contributed by atoms with Crippen LogP contribution in [0.4, 0.5) is 5.69 Å². The third-order valence-electron chi connectivity index (χ3n) is 4.36. The van der Waals surface area contributed by atoms with E-state index in [-0.39, 0.29) is 17.8 Å². The second kappa shape index (κ2) is 6.47. The normalized spacial score (nSPS) is 18.5. The molecule has 1 amide bonds. The molecular weight excluding hydrogens is 316 g/mol. The van der Waals surface area contributed by atoms with Gasteiger partial charge in [0, 0.05) is 29.7 Å². The lowest BCUT2D eigenvalue weighted by Crippen LogP contribution is -2.40. The molecule has 1 aromatic heterocycles. The summed E-state index contributed by atoms with van der Waals surface area (Å²) in [7, 11) is 0. The van der Waals surface area contributed by atoms with Crippen molar-refractivity contribution in [3.05, 3.63) is 36.0 Å². The van der Waals surface area contributed by atoms with Crippen molar-refractivity contribution in [3.8, 4) is 0 Å². The SMILES string of the molecule is C[C@@H]1CCCN(c2ccc3nccc(C(=O)OC(C)(C)C)c3c2)C1=O. The number of esters is 1. The summed E-state index contributed by atoms with van der Waals surface area (Å²) in [4.78, 5) is 31.2. The van der Waals surface area contributed by atoms with Crippen molar-refractivity contribution in [1.82, 2.24) is 4.98 Å². The minimum Gasteiger partial charge on any atom is -0.456 e. The third kappa shape index (κ3) is 3.65. The van der Waals surface area contributed by atoms with Crippen LogP contribution < -0.4 is 4.90 Å². The van der Waals surface area contributed by atoms with E-state index in [1.54, 1.807) is 17.2 Å². The van der Waals surface area contributed by atoms with Gasteiger partial charge < -0.3 is 9.64 Å². The molecule has 1 aliphatic heterocycles. The van der Waals surface area contributed by atoms with Crippen molar-refractivity contribution in [2.45, 2.75) is 46.1 Å². The summed E-state index contributed by atoms with van der Waals surface area (Å²) in [6.07, 6.45) is 3.51. The Morgan fingerprint density at radius 2 is 2.04 bits per heavy atom. The van der Waals surface area contributed by atoms with Gasteiger partial charge in [0.15, 0.2) is 0 Å². The molecule has 0 spiro atoms. The minimum absolute atomic E-state index is 0.0312. The van der Waals surface area contributed by atoms with E-state index < -0.39 is 5.60 Å². The average molecular weight is 340 g/mol. The molecule has 1 aliphatic rings. The smallest absolute Gasteiger partial charge is 0.339 e. The van der Waals surface area contributed by atoms with Gasteiger partial charge in [0.05, 0.1) is 11.1 Å². The van der Waals surface area contributed by atoms with Crippen LogP contribution >= 0.6 is 0 Å². The molecule has 5 nitrogen and oxygen atoms in total. The highest BCUT2D eigenvalue weighted by molar-refractivity contribution is 6.05. The average Bonchev–Trinajstić information content (AvgIpc) is 2.55. The summed E-state index contributed by atoms with van der Waals surface area (Å²) in [5.74, 6) is -0.215. The number of benzene rings is 1. The van der Waals surface area contributed by atoms with Crippen LogP contribution in [0.25, 0.3) is 10.9 Å². The Kier molecular flexibility index (Phi) is 4.50. The van der Waals surface area contributed by atoms with Gasteiger partial charge in [-0.3, -0.25) is 9.78 Å². The first-order valence-corrected chi connectivity index (χ1v) is 8.70. The lowest BCUT2D eigenvalue weighted by Gasteiger charge is -2.31. The molecular formula is C20H24N2O3. The molecule has 0 N–H and O–H groups in total. The molecule has 1 atom stereocenters. The van der Waals surface area contributed by atoms with E-state index in [1.165, 1.54) is 0 Å². The van der Waals surface area contributed by atoms with Crippen molar-refractivity contribution in [2.75, 3.05) is 11.4 Å². The fourth-order valence-corrected chi connectivity index (χ4v) is 3.12. The highest BCUT2D eigenvalue weighted by Crippen LogP contribution is 2.29.